The van der Waals surface area contributed by atoms with Crippen LogP contribution in [0.3, 0.4) is 0 Å². The fourth-order valence-corrected chi connectivity index (χ4v) is 2.08. The summed E-state index contributed by atoms with van der Waals surface area (Å²) in [7, 11) is 0. The Morgan fingerprint density at radius 2 is 2.00 bits per heavy atom. The minimum Gasteiger partial charge on any atom is -0.481 e. The fraction of sp³-hybridized carbons (Fsp3) is 0.364. The third kappa shape index (κ3) is 5.57. The minimum absolute atomic E-state index is 0.0506. The molecule has 1 heterocycles. The number of nitrogens with one attached hydrogen (secondary N) is 2. The number of carboxylic acid groups (broad SMARTS) is 2. The summed E-state index contributed by atoms with van der Waals surface area (Å²) in [6.07, 6.45) is -0.620. The van der Waals surface area contributed by atoms with Crippen molar-refractivity contribution in [1.29, 1.82) is 0 Å². The lowest BCUT2D eigenvalue weighted by Crippen LogP contribution is -2.41. The van der Waals surface area contributed by atoms with Crippen molar-refractivity contribution >= 4 is 40.2 Å². The molecule has 0 aliphatic rings. The zero-order chi connectivity index (χ0) is 16.0. The zero-order valence-electron chi connectivity index (χ0n) is 11.0. The van der Waals surface area contributed by atoms with Crippen LogP contribution in [-0.2, 0) is 14.4 Å². The average molecular weight is 315 g/mol. The lowest BCUT2D eigenvalue weighted by molar-refractivity contribution is -0.140. The summed E-state index contributed by atoms with van der Waals surface area (Å²) in [5, 5.41) is 23.6. The maximum Gasteiger partial charge on any atom is 0.326 e. The van der Waals surface area contributed by atoms with Crippen LogP contribution in [0.2, 0.25) is 0 Å². The van der Waals surface area contributed by atoms with E-state index in [0.29, 0.717) is 0 Å². The van der Waals surface area contributed by atoms with Gasteiger partial charge < -0.3 is 20.8 Å². The maximum atomic E-state index is 11.8. The third-order valence-electron chi connectivity index (χ3n) is 2.27. The van der Waals surface area contributed by atoms with Crippen molar-refractivity contribution in [2.24, 2.45) is 0 Å². The Hall–Kier alpha value is -2.49. The van der Waals surface area contributed by atoms with Crippen LogP contribution in [0.4, 0.5) is 5.13 Å². The van der Waals surface area contributed by atoms with E-state index >= 15 is 0 Å². The molecule has 1 aromatic rings. The Kier molecular flexibility index (Phi) is 5.79. The van der Waals surface area contributed by atoms with Crippen LogP contribution in [0, 0.1) is 0 Å². The topological polar surface area (TPSA) is 146 Å². The van der Waals surface area contributed by atoms with Crippen molar-refractivity contribution in [3.05, 3.63) is 11.1 Å². The van der Waals surface area contributed by atoms with Gasteiger partial charge in [0.2, 0.25) is 5.91 Å². The number of thiazole rings is 1. The van der Waals surface area contributed by atoms with Gasteiger partial charge in [-0.05, 0) is 6.42 Å². The molecule has 0 radical (unpaired) electrons. The SMILES string of the molecule is CC(=O)Nc1nc(C(=O)N[C@@H](CCC(=O)O)C(=O)O)cs1. The highest BCUT2D eigenvalue weighted by Crippen LogP contribution is 2.15. The van der Waals surface area contributed by atoms with Gasteiger partial charge in [-0.1, -0.05) is 0 Å². The first-order chi connectivity index (χ1) is 9.79. The second-order valence-corrected chi connectivity index (χ2v) is 4.87. The molecule has 0 bridgehead atoms. The summed E-state index contributed by atoms with van der Waals surface area (Å²) in [5.74, 6) is -3.58. The lowest BCUT2D eigenvalue weighted by Gasteiger charge is -2.12. The Morgan fingerprint density at radius 3 is 2.52 bits per heavy atom. The molecule has 4 N–H and O–H groups in total. The van der Waals surface area contributed by atoms with Crippen LogP contribution in [0.5, 0.6) is 0 Å². The molecule has 0 aliphatic carbocycles. The predicted molar refractivity (Wildman–Crippen MR) is 72.2 cm³/mol. The highest BCUT2D eigenvalue weighted by Gasteiger charge is 2.22. The summed E-state index contributed by atoms with van der Waals surface area (Å²) in [5.41, 5.74) is -0.0506. The highest BCUT2D eigenvalue weighted by molar-refractivity contribution is 7.14. The van der Waals surface area contributed by atoms with Crippen molar-refractivity contribution in [2.45, 2.75) is 25.8 Å². The van der Waals surface area contributed by atoms with Gasteiger partial charge in [-0.2, -0.15) is 0 Å². The first-order valence-corrected chi connectivity index (χ1v) is 6.66. The van der Waals surface area contributed by atoms with Gasteiger partial charge in [-0.3, -0.25) is 14.4 Å². The van der Waals surface area contributed by atoms with Crippen molar-refractivity contribution in [1.82, 2.24) is 10.3 Å². The number of nitrogens with zero attached hydrogens (tertiary/aromatic N) is 1. The first-order valence-electron chi connectivity index (χ1n) is 5.78. The van der Waals surface area contributed by atoms with Gasteiger partial charge in [0.15, 0.2) is 5.13 Å². The van der Waals surface area contributed by atoms with Crippen molar-refractivity contribution < 1.29 is 29.4 Å². The monoisotopic (exact) mass is 315 g/mol. The largest absolute Gasteiger partial charge is 0.481 e. The molecule has 9 nitrogen and oxygen atoms in total. The summed E-state index contributed by atoms with van der Waals surface area (Å²) >= 11 is 1.01. The molecule has 0 aliphatic heterocycles. The summed E-state index contributed by atoms with van der Waals surface area (Å²) in [6, 6.07) is -1.32. The van der Waals surface area contributed by atoms with E-state index in [2.05, 4.69) is 15.6 Å². The molecule has 114 valence electrons. The predicted octanol–water partition coefficient (Wildman–Crippen LogP) is 0.149. The number of carbonyl (C=O) groups excluding carboxylic acids is 2. The normalized spacial score (nSPS) is 11.5. The van der Waals surface area contributed by atoms with E-state index in [1.165, 1.54) is 12.3 Å². The number of carboxylic acids is 2. The van der Waals surface area contributed by atoms with Gasteiger partial charge >= 0.3 is 11.9 Å². The number of aromatic nitrogens is 1. The fourth-order valence-electron chi connectivity index (χ4n) is 1.34. The van der Waals surface area contributed by atoms with Crippen LogP contribution in [0.1, 0.15) is 30.3 Å². The number of anilines is 1. The van der Waals surface area contributed by atoms with Crippen LogP contribution < -0.4 is 10.6 Å². The van der Waals surface area contributed by atoms with E-state index in [1.807, 2.05) is 0 Å². The average Bonchev–Trinajstić information content (AvgIpc) is 2.81. The van der Waals surface area contributed by atoms with E-state index in [1.54, 1.807) is 0 Å². The summed E-state index contributed by atoms with van der Waals surface area (Å²) in [6.45, 7) is 1.29. The third-order valence-corrected chi connectivity index (χ3v) is 3.03. The molecule has 0 saturated carbocycles. The second kappa shape index (κ2) is 7.33. The minimum atomic E-state index is -1.33. The zero-order valence-corrected chi connectivity index (χ0v) is 11.8. The lowest BCUT2D eigenvalue weighted by atomic mass is 10.1. The molecule has 10 heteroatoms. The number of carbonyl (C=O) groups is 4. The van der Waals surface area contributed by atoms with Crippen LogP contribution >= 0.6 is 11.3 Å². The van der Waals surface area contributed by atoms with Gasteiger partial charge in [0.25, 0.3) is 5.91 Å². The Morgan fingerprint density at radius 1 is 1.33 bits per heavy atom. The molecule has 2 amide bonds. The molecule has 0 aromatic carbocycles. The maximum absolute atomic E-state index is 11.8. The van der Waals surface area contributed by atoms with E-state index in [4.69, 9.17) is 10.2 Å². The summed E-state index contributed by atoms with van der Waals surface area (Å²) in [4.78, 5) is 47.8. The number of hydrogen-bond donors (Lipinski definition) is 4. The van der Waals surface area contributed by atoms with Gasteiger partial charge in [-0.15, -0.1) is 11.3 Å². The molecular weight excluding hydrogens is 302 g/mol. The summed E-state index contributed by atoms with van der Waals surface area (Å²) < 4.78 is 0. The van der Waals surface area contributed by atoms with Crippen LogP contribution in [0.15, 0.2) is 5.38 Å². The Bertz CT molecular complexity index is 570. The number of amides is 2. The molecule has 0 spiro atoms. The number of aliphatic carboxylic acids is 2. The van der Waals surface area contributed by atoms with Gasteiger partial charge in [-0.25, -0.2) is 9.78 Å². The van der Waals surface area contributed by atoms with E-state index < -0.39 is 23.9 Å². The molecule has 21 heavy (non-hydrogen) atoms. The smallest absolute Gasteiger partial charge is 0.326 e. The van der Waals surface area contributed by atoms with Gasteiger partial charge in [0, 0.05) is 18.7 Å². The molecular formula is C11H13N3O6S. The molecule has 1 aromatic heterocycles. The van der Waals surface area contributed by atoms with E-state index in [0.717, 1.165) is 11.3 Å². The number of hydrogen-bond acceptors (Lipinski definition) is 6. The standard InChI is InChI=1S/C11H13N3O6S/c1-5(15)12-11-14-7(4-21-11)9(18)13-6(10(19)20)2-3-8(16)17/h4,6H,2-3H2,1H3,(H,13,18)(H,16,17)(H,19,20)(H,12,14,15)/t6-/m0/s1. The van der Waals surface area contributed by atoms with Crippen LogP contribution in [0.25, 0.3) is 0 Å². The second-order valence-electron chi connectivity index (χ2n) is 4.02. The van der Waals surface area contributed by atoms with Crippen LogP contribution in [-0.4, -0.2) is 45.0 Å². The van der Waals surface area contributed by atoms with Crippen molar-refractivity contribution in [3.63, 3.8) is 0 Å². The molecule has 1 rings (SSSR count). The first kappa shape index (κ1) is 16.6. The Labute approximate surface area is 123 Å². The van der Waals surface area contributed by atoms with E-state index in [-0.39, 0.29) is 29.6 Å². The van der Waals surface area contributed by atoms with Crippen molar-refractivity contribution in [3.8, 4) is 0 Å². The molecule has 0 unspecified atom stereocenters. The highest BCUT2D eigenvalue weighted by atomic mass is 32.1. The van der Waals surface area contributed by atoms with E-state index in [9.17, 15) is 19.2 Å². The number of rotatable bonds is 7. The molecule has 0 saturated heterocycles. The quantitative estimate of drug-likeness (QED) is 0.560. The Balaban J connectivity index is 2.68. The van der Waals surface area contributed by atoms with Crippen molar-refractivity contribution in [2.75, 3.05) is 5.32 Å². The van der Waals surface area contributed by atoms with Gasteiger partial charge in [0.1, 0.15) is 11.7 Å². The van der Waals surface area contributed by atoms with Gasteiger partial charge in [0.05, 0.1) is 0 Å². The molecule has 1 atom stereocenters. The molecule has 0 fully saturated rings.